The van der Waals surface area contributed by atoms with Crippen LogP contribution in [0.15, 0.2) is 30.6 Å². The Hall–Kier alpha value is -1.92. The second-order valence-electron chi connectivity index (χ2n) is 7.94. The number of likely N-dealkylation sites (tertiary alicyclic amines) is 2. The number of aromatic nitrogens is 1. The Bertz CT molecular complexity index is 855. The van der Waals surface area contributed by atoms with Crippen LogP contribution in [0.1, 0.15) is 26.2 Å². The zero-order valence-corrected chi connectivity index (χ0v) is 16.8. The van der Waals surface area contributed by atoms with Gasteiger partial charge in [-0.05, 0) is 25.8 Å². The summed E-state index contributed by atoms with van der Waals surface area (Å²) in [5.74, 6) is 0.0481. The molecular weight excluding hydrogens is 379 g/mol. The Morgan fingerprint density at radius 1 is 1.29 bits per heavy atom. The van der Waals surface area contributed by atoms with Crippen LogP contribution >= 0.6 is 11.6 Å². The summed E-state index contributed by atoms with van der Waals surface area (Å²) >= 11 is 6.28. The molecular formula is C21H26ClFN4O. The van der Waals surface area contributed by atoms with E-state index < -0.39 is 6.17 Å². The normalized spacial score (nSPS) is 24.0. The lowest BCUT2D eigenvalue weighted by molar-refractivity contribution is -0.133. The van der Waals surface area contributed by atoms with Gasteiger partial charge in [-0.15, -0.1) is 0 Å². The van der Waals surface area contributed by atoms with Crippen molar-refractivity contribution in [2.75, 3.05) is 31.5 Å². The van der Waals surface area contributed by atoms with Crippen molar-refractivity contribution in [1.82, 2.24) is 14.8 Å². The number of anilines is 1. The minimum absolute atomic E-state index is 0.00684. The Labute approximate surface area is 169 Å². The molecule has 2 aromatic rings. The number of piperidine rings is 1. The largest absolute Gasteiger partial charge is 0.380 e. The lowest BCUT2D eigenvalue weighted by Crippen LogP contribution is -2.46. The van der Waals surface area contributed by atoms with Crippen LogP contribution in [0.5, 0.6) is 0 Å². The first-order valence-electron chi connectivity index (χ1n) is 9.96. The van der Waals surface area contributed by atoms with E-state index in [1.807, 2.05) is 31.3 Å². The molecule has 150 valence electrons. The molecule has 2 saturated heterocycles. The van der Waals surface area contributed by atoms with E-state index in [0.29, 0.717) is 24.0 Å². The molecule has 0 saturated carbocycles. The molecule has 1 amide bonds. The number of hydrogen-bond acceptors (Lipinski definition) is 4. The molecule has 1 aromatic carbocycles. The lowest BCUT2D eigenvalue weighted by atomic mass is 10.0. The quantitative estimate of drug-likeness (QED) is 0.843. The maximum Gasteiger partial charge on any atom is 0.237 e. The van der Waals surface area contributed by atoms with Gasteiger partial charge in [-0.25, -0.2) is 4.39 Å². The van der Waals surface area contributed by atoms with Crippen molar-refractivity contribution in [3.8, 4) is 0 Å². The number of halogens is 2. The average molecular weight is 405 g/mol. The number of carbonyl (C=O) groups excluding carboxylic acids is 1. The predicted octanol–water partition coefficient (Wildman–Crippen LogP) is 3.72. The predicted molar refractivity (Wildman–Crippen MR) is 111 cm³/mol. The first-order chi connectivity index (χ1) is 13.5. The minimum atomic E-state index is -0.878. The van der Waals surface area contributed by atoms with Gasteiger partial charge in [-0.2, -0.15) is 0 Å². The van der Waals surface area contributed by atoms with Crippen molar-refractivity contribution >= 4 is 34.0 Å². The van der Waals surface area contributed by atoms with Crippen LogP contribution in [-0.4, -0.2) is 65.1 Å². The fourth-order valence-electron chi connectivity index (χ4n) is 4.32. The summed E-state index contributed by atoms with van der Waals surface area (Å²) in [5, 5.41) is 6.32. The number of hydrogen-bond donors (Lipinski definition) is 1. The third kappa shape index (κ3) is 4.08. The fraction of sp³-hybridized carbons (Fsp3) is 0.524. The van der Waals surface area contributed by atoms with Crippen LogP contribution in [-0.2, 0) is 4.79 Å². The van der Waals surface area contributed by atoms with Gasteiger partial charge in [0.05, 0.1) is 30.0 Å². The van der Waals surface area contributed by atoms with Crippen molar-refractivity contribution in [3.05, 3.63) is 35.6 Å². The van der Waals surface area contributed by atoms with Crippen molar-refractivity contribution in [3.63, 3.8) is 0 Å². The molecule has 4 rings (SSSR count). The molecule has 0 unspecified atom stereocenters. The number of pyridine rings is 1. The van der Waals surface area contributed by atoms with E-state index in [0.717, 1.165) is 42.4 Å². The lowest BCUT2D eigenvalue weighted by Gasteiger charge is -2.34. The highest BCUT2D eigenvalue weighted by atomic mass is 35.5. The zero-order chi connectivity index (χ0) is 19.7. The van der Waals surface area contributed by atoms with E-state index in [1.54, 1.807) is 11.1 Å². The Balaban J connectivity index is 1.33. The average Bonchev–Trinajstić information content (AvgIpc) is 3.02. The SMILES string of the molecule is C[C@@H]1C[C@H](F)CN1C(=O)CN1CCC(Nc2cncc3c(Cl)cccc23)CC1. The molecule has 2 aliphatic heterocycles. The molecule has 28 heavy (non-hydrogen) atoms. The van der Waals surface area contributed by atoms with Crippen molar-refractivity contribution in [1.29, 1.82) is 0 Å². The van der Waals surface area contributed by atoms with E-state index in [9.17, 15) is 9.18 Å². The number of carbonyl (C=O) groups is 1. The van der Waals surface area contributed by atoms with Crippen LogP contribution < -0.4 is 5.32 Å². The van der Waals surface area contributed by atoms with Gasteiger partial charge < -0.3 is 10.2 Å². The van der Waals surface area contributed by atoms with Crippen LogP contribution in [0, 0.1) is 0 Å². The third-order valence-corrected chi connectivity index (χ3v) is 6.23. The van der Waals surface area contributed by atoms with Crippen molar-refractivity contribution < 1.29 is 9.18 Å². The monoisotopic (exact) mass is 404 g/mol. The number of nitrogens with one attached hydrogen (secondary N) is 1. The highest BCUT2D eigenvalue weighted by Gasteiger charge is 2.33. The fourth-order valence-corrected chi connectivity index (χ4v) is 4.55. The Morgan fingerprint density at radius 3 is 2.79 bits per heavy atom. The number of alkyl halides is 1. The number of rotatable bonds is 4. The zero-order valence-electron chi connectivity index (χ0n) is 16.1. The molecule has 0 bridgehead atoms. The molecule has 7 heteroatoms. The van der Waals surface area contributed by atoms with Gasteiger partial charge in [0.1, 0.15) is 6.17 Å². The van der Waals surface area contributed by atoms with E-state index in [4.69, 9.17) is 11.6 Å². The third-order valence-electron chi connectivity index (χ3n) is 5.90. The van der Waals surface area contributed by atoms with Crippen LogP contribution in [0.2, 0.25) is 5.02 Å². The van der Waals surface area contributed by atoms with Gasteiger partial charge in [0.25, 0.3) is 0 Å². The highest BCUT2D eigenvalue weighted by Crippen LogP contribution is 2.29. The van der Waals surface area contributed by atoms with E-state index in [1.165, 1.54) is 0 Å². The number of amides is 1. The Kier molecular flexibility index (Phi) is 5.69. The van der Waals surface area contributed by atoms with Gasteiger partial charge in [-0.3, -0.25) is 14.7 Å². The van der Waals surface area contributed by atoms with E-state index in [-0.39, 0.29) is 18.5 Å². The van der Waals surface area contributed by atoms with Crippen molar-refractivity contribution in [2.24, 2.45) is 0 Å². The van der Waals surface area contributed by atoms with Gasteiger partial charge in [-0.1, -0.05) is 23.7 Å². The van der Waals surface area contributed by atoms with Crippen LogP contribution in [0.3, 0.4) is 0 Å². The summed E-state index contributed by atoms with van der Waals surface area (Å²) in [5.41, 5.74) is 0.995. The maximum absolute atomic E-state index is 13.5. The molecule has 5 nitrogen and oxygen atoms in total. The molecule has 2 atom stereocenters. The summed E-state index contributed by atoms with van der Waals surface area (Å²) in [6.45, 7) is 4.26. The summed E-state index contributed by atoms with van der Waals surface area (Å²) in [4.78, 5) is 20.7. The van der Waals surface area contributed by atoms with Gasteiger partial charge >= 0.3 is 0 Å². The minimum Gasteiger partial charge on any atom is -0.380 e. The molecule has 1 N–H and O–H groups in total. The smallest absolute Gasteiger partial charge is 0.237 e. The second-order valence-corrected chi connectivity index (χ2v) is 8.35. The second kappa shape index (κ2) is 8.21. The molecule has 3 heterocycles. The topological polar surface area (TPSA) is 48.5 Å². The number of nitrogens with zero attached hydrogens (tertiary/aromatic N) is 3. The molecule has 0 spiro atoms. The highest BCUT2D eigenvalue weighted by molar-refractivity contribution is 6.35. The van der Waals surface area contributed by atoms with E-state index >= 15 is 0 Å². The molecule has 0 radical (unpaired) electrons. The first kappa shape index (κ1) is 19.4. The molecule has 2 aliphatic rings. The first-order valence-corrected chi connectivity index (χ1v) is 10.3. The van der Waals surface area contributed by atoms with Gasteiger partial charge in [0.2, 0.25) is 5.91 Å². The van der Waals surface area contributed by atoms with E-state index in [2.05, 4.69) is 15.2 Å². The van der Waals surface area contributed by atoms with Gasteiger partial charge in [0.15, 0.2) is 0 Å². The Morgan fingerprint density at radius 2 is 2.07 bits per heavy atom. The van der Waals surface area contributed by atoms with Crippen LogP contribution in [0.4, 0.5) is 10.1 Å². The van der Waals surface area contributed by atoms with Crippen LogP contribution in [0.25, 0.3) is 10.8 Å². The van der Waals surface area contributed by atoms with Crippen molar-refractivity contribution in [2.45, 2.75) is 44.4 Å². The molecule has 2 fully saturated rings. The number of fused-ring (bicyclic) bond motifs is 1. The maximum atomic E-state index is 13.5. The standard InChI is InChI=1S/C21H26ClFN4O/c1-14-9-15(23)12-27(14)21(28)13-26-7-5-16(6-8-26)25-20-11-24-10-18-17(20)3-2-4-19(18)22/h2-4,10-11,14-16,25H,5-9,12-13H2,1H3/t14-,15+/m1/s1. The molecule has 0 aliphatic carbocycles. The molecule has 1 aromatic heterocycles. The summed E-state index contributed by atoms with van der Waals surface area (Å²) in [6.07, 6.45) is 5.11. The summed E-state index contributed by atoms with van der Waals surface area (Å²) in [6, 6.07) is 6.21. The van der Waals surface area contributed by atoms with Gasteiger partial charge in [0, 0.05) is 48.6 Å². The summed E-state index contributed by atoms with van der Waals surface area (Å²) in [7, 11) is 0. The number of benzene rings is 1. The summed E-state index contributed by atoms with van der Waals surface area (Å²) < 4.78 is 13.5.